The van der Waals surface area contributed by atoms with E-state index in [1.54, 1.807) is 0 Å². The molecule has 0 aromatic carbocycles. The van der Waals surface area contributed by atoms with Crippen LogP contribution in [0.15, 0.2) is 0 Å². The second-order valence-corrected chi connectivity index (χ2v) is 7.87. The quantitative estimate of drug-likeness (QED) is 0.177. The van der Waals surface area contributed by atoms with E-state index >= 15 is 0 Å². The standard InChI is InChI=1S/C21H44NO4.BrH/c1-6-8-10-12-15-24-19-21(26-16-13-11-9-7-2)18-22(4,5)14-17-25-20(3)23;/h21H,6-19H2,1-5H3;1H/q+1;/p-1. The van der Waals surface area contributed by atoms with Crippen molar-refractivity contribution < 1.29 is 40.5 Å². The minimum Gasteiger partial charge on any atom is -1.00 e. The van der Waals surface area contributed by atoms with Gasteiger partial charge in [-0.25, -0.2) is 0 Å². The molecule has 0 fully saturated rings. The molecule has 0 aromatic heterocycles. The van der Waals surface area contributed by atoms with Crippen molar-refractivity contribution in [2.24, 2.45) is 0 Å². The van der Waals surface area contributed by atoms with E-state index in [9.17, 15) is 4.79 Å². The van der Waals surface area contributed by atoms with Gasteiger partial charge in [0.15, 0.2) is 0 Å². The number of rotatable bonds is 18. The third-order valence-corrected chi connectivity index (χ3v) is 4.50. The summed E-state index contributed by atoms with van der Waals surface area (Å²) in [5.41, 5.74) is 0. The number of carbonyl (C=O) groups is 1. The summed E-state index contributed by atoms with van der Waals surface area (Å²) in [7, 11) is 4.30. The third kappa shape index (κ3) is 20.4. The van der Waals surface area contributed by atoms with Crippen molar-refractivity contribution in [3.05, 3.63) is 0 Å². The van der Waals surface area contributed by atoms with E-state index in [-0.39, 0.29) is 29.1 Å². The lowest BCUT2D eigenvalue weighted by Gasteiger charge is -2.33. The van der Waals surface area contributed by atoms with E-state index in [2.05, 4.69) is 27.9 Å². The molecule has 1 atom stereocenters. The van der Waals surface area contributed by atoms with Crippen LogP contribution < -0.4 is 17.0 Å². The molecule has 0 amide bonds. The minimum absolute atomic E-state index is 0. The fourth-order valence-corrected chi connectivity index (χ4v) is 2.86. The van der Waals surface area contributed by atoms with Gasteiger partial charge >= 0.3 is 5.97 Å². The number of hydrogen-bond acceptors (Lipinski definition) is 4. The van der Waals surface area contributed by atoms with Gasteiger partial charge in [0.05, 0.1) is 20.7 Å². The first-order valence-corrected chi connectivity index (χ1v) is 10.6. The molecule has 0 N–H and O–H groups in total. The molecule has 0 aliphatic carbocycles. The Morgan fingerprint density at radius 3 is 2.04 bits per heavy atom. The maximum Gasteiger partial charge on any atom is 0.302 e. The highest BCUT2D eigenvalue weighted by molar-refractivity contribution is 5.65. The lowest BCUT2D eigenvalue weighted by molar-refractivity contribution is -0.893. The fourth-order valence-electron chi connectivity index (χ4n) is 2.86. The predicted molar refractivity (Wildman–Crippen MR) is 107 cm³/mol. The molecule has 0 aromatic rings. The topological polar surface area (TPSA) is 44.8 Å². The molecule has 0 heterocycles. The molecule has 5 nitrogen and oxygen atoms in total. The summed E-state index contributed by atoms with van der Waals surface area (Å²) in [4.78, 5) is 11.0. The van der Waals surface area contributed by atoms with Crippen LogP contribution in [0.25, 0.3) is 0 Å². The van der Waals surface area contributed by atoms with Crippen LogP contribution in [0.1, 0.15) is 72.1 Å². The van der Waals surface area contributed by atoms with E-state index in [1.807, 2.05) is 0 Å². The fraction of sp³-hybridized carbons (Fsp3) is 0.952. The van der Waals surface area contributed by atoms with Gasteiger partial charge in [-0.1, -0.05) is 52.4 Å². The van der Waals surface area contributed by atoms with Gasteiger partial charge in [0.1, 0.15) is 25.8 Å². The SMILES string of the molecule is CCCCCCOCC(C[N+](C)(C)CCOC(C)=O)OCCCCCC.[Br-]. The number of quaternary nitrogens is 1. The Hall–Kier alpha value is -0.170. The molecular weight excluding hydrogens is 410 g/mol. The largest absolute Gasteiger partial charge is 1.00 e. The molecule has 164 valence electrons. The molecule has 0 aliphatic heterocycles. The van der Waals surface area contributed by atoms with E-state index in [0.717, 1.165) is 43.6 Å². The monoisotopic (exact) mass is 453 g/mol. The summed E-state index contributed by atoms with van der Waals surface area (Å²) in [6, 6.07) is 0. The Labute approximate surface area is 178 Å². The number of carbonyl (C=O) groups excluding carboxylic acids is 1. The van der Waals surface area contributed by atoms with Crippen LogP contribution in [-0.2, 0) is 19.0 Å². The van der Waals surface area contributed by atoms with Gasteiger partial charge < -0.3 is 35.7 Å². The summed E-state index contributed by atoms with van der Waals surface area (Å²) in [6.45, 7) is 10.3. The molecule has 0 spiro atoms. The Morgan fingerprint density at radius 2 is 1.48 bits per heavy atom. The average Bonchev–Trinajstić information content (AvgIpc) is 2.56. The van der Waals surface area contributed by atoms with Crippen LogP contribution in [0.3, 0.4) is 0 Å². The van der Waals surface area contributed by atoms with Crippen LogP contribution in [0.4, 0.5) is 0 Å². The highest BCUT2D eigenvalue weighted by Gasteiger charge is 2.23. The Kier molecular flexibility index (Phi) is 20.6. The molecule has 6 heteroatoms. The van der Waals surface area contributed by atoms with Crippen LogP contribution in [0.2, 0.25) is 0 Å². The molecule has 0 radical (unpaired) electrons. The first kappa shape index (κ1) is 29.0. The molecule has 0 bridgehead atoms. The zero-order chi connectivity index (χ0) is 19.7. The second-order valence-electron chi connectivity index (χ2n) is 7.87. The van der Waals surface area contributed by atoms with Gasteiger partial charge in [0, 0.05) is 20.1 Å². The lowest BCUT2D eigenvalue weighted by atomic mass is 10.2. The number of halogens is 1. The number of ether oxygens (including phenoxy) is 3. The number of likely N-dealkylation sites (N-methyl/N-ethyl adjacent to an activating group) is 1. The Bertz CT molecular complexity index is 340. The van der Waals surface area contributed by atoms with Crippen LogP contribution in [0.5, 0.6) is 0 Å². The summed E-state index contributed by atoms with van der Waals surface area (Å²) < 4.78 is 17.9. The molecular formula is C21H44BrNO4. The lowest BCUT2D eigenvalue weighted by Crippen LogP contribution is -3.00. The van der Waals surface area contributed by atoms with Crippen molar-refractivity contribution in [3.8, 4) is 0 Å². The van der Waals surface area contributed by atoms with Crippen molar-refractivity contribution in [2.75, 3.05) is 53.6 Å². The van der Waals surface area contributed by atoms with Crippen LogP contribution in [0, 0.1) is 0 Å². The Morgan fingerprint density at radius 1 is 0.889 bits per heavy atom. The zero-order valence-electron chi connectivity index (χ0n) is 18.4. The predicted octanol–water partition coefficient (Wildman–Crippen LogP) is 1.19. The van der Waals surface area contributed by atoms with Crippen LogP contribution in [-0.4, -0.2) is 70.2 Å². The molecule has 27 heavy (non-hydrogen) atoms. The van der Waals surface area contributed by atoms with Crippen molar-refractivity contribution >= 4 is 5.97 Å². The third-order valence-electron chi connectivity index (χ3n) is 4.50. The number of hydrogen-bond donors (Lipinski definition) is 0. The number of esters is 1. The summed E-state index contributed by atoms with van der Waals surface area (Å²) in [6.07, 6.45) is 9.84. The van der Waals surface area contributed by atoms with Gasteiger partial charge in [-0.2, -0.15) is 0 Å². The van der Waals surface area contributed by atoms with Crippen molar-refractivity contribution in [3.63, 3.8) is 0 Å². The normalized spacial score (nSPS) is 12.5. The highest BCUT2D eigenvalue weighted by atomic mass is 79.9. The van der Waals surface area contributed by atoms with E-state index < -0.39 is 0 Å². The minimum atomic E-state index is -0.218. The maximum atomic E-state index is 11.0. The maximum absolute atomic E-state index is 11.0. The second kappa shape index (κ2) is 19.2. The van der Waals surface area contributed by atoms with Gasteiger partial charge in [-0.15, -0.1) is 0 Å². The first-order chi connectivity index (χ1) is 12.4. The van der Waals surface area contributed by atoms with Gasteiger partial charge in [-0.05, 0) is 12.8 Å². The number of nitrogens with zero attached hydrogens (tertiary/aromatic N) is 1. The summed E-state index contributed by atoms with van der Waals surface area (Å²) in [5, 5.41) is 0. The van der Waals surface area contributed by atoms with Gasteiger partial charge in [-0.3, -0.25) is 4.79 Å². The highest BCUT2D eigenvalue weighted by Crippen LogP contribution is 2.08. The first-order valence-electron chi connectivity index (χ1n) is 10.6. The smallest absolute Gasteiger partial charge is 0.302 e. The summed E-state index contributed by atoms with van der Waals surface area (Å²) in [5.74, 6) is -0.218. The average molecular weight is 454 g/mol. The van der Waals surface area contributed by atoms with Crippen molar-refractivity contribution in [1.29, 1.82) is 0 Å². The van der Waals surface area contributed by atoms with Crippen LogP contribution >= 0.6 is 0 Å². The van der Waals surface area contributed by atoms with Crippen molar-refractivity contribution in [2.45, 2.75) is 78.2 Å². The summed E-state index contributed by atoms with van der Waals surface area (Å²) >= 11 is 0. The molecule has 1 unspecified atom stereocenters. The van der Waals surface area contributed by atoms with Gasteiger partial charge in [0.25, 0.3) is 0 Å². The van der Waals surface area contributed by atoms with E-state index in [0.29, 0.717) is 13.2 Å². The molecule has 0 saturated heterocycles. The van der Waals surface area contributed by atoms with Gasteiger partial charge in [0.2, 0.25) is 0 Å². The molecule has 0 rings (SSSR count). The molecule has 0 aliphatic rings. The van der Waals surface area contributed by atoms with E-state index in [1.165, 1.54) is 45.4 Å². The van der Waals surface area contributed by atoms with E-state index in [4.69, 9.17) is 14.2 Å². The number of unbranched alkanes of at least 4 members (excludes halogenated alkanes) is 6. The Balaban J connectivity index is 0. The van der Waals surface area contributed by atoms with Crippen molar-refractivity contribution in [1.82, 2.24) is 0 Å². The zero-order valence-corrected chi connectivity index (χ0v) is 20.0. The molecule has 0 saturated carbocycles.